The van der Waals surface area contributed by atoms with Crippen LogP contribution in [0, 0.1) is 23.1 Å². The fourth-order valence-electron chi connectivity index (χ4n) is 1.76. The number of nitrogens with one attached hydrogen (secondary N) is 1. The highest BCUT2D eigenvalue weighted by atomic mass is 32.1. The standard InChI is InChI=1S/C17H15FN2OS/c1-12(10-19)11-20-17(21)9-7-13-6-8-16(22-13)14-4-2-3-5-15(14)18/h2-9,12H,11H2,1H3,(H,20,21)/b9-7+. The maximum Gasteiger partial charge on any atom is 0.244 e. The van der Waals surface area contributed by atoms with Crippen LogP contribution in [-0.2, 0) is 4.79 Å². The van der Waals surface area contributed by atoms with Crippen molar-refractivity contribution in [2.45, 2.75) is 6.92 Å². The Labute approximate surface area is 132 Å². The highest BCUT2D eigenvalue weighted by molar-refractivity contribution is 7.16. The van der Waals surface area contributed by atoms with E-state index in [2.05, 4.69) is 5.32 Å². The van der Waals surface area contributed by atoms with Crippen molar-refractivity contribution in [1.29, 1.82) is 5.26 Å². The van der Waals surface area contributed by atoms with Gasteiger partial charge in [-0.3, -0.25) is 4.79 Å². The molecule has 0 radical (unpaired) electrons. The van der Waals surface area contributed by atoms with E-state index in [-0.39, 0.29) is 17.6 Å². The molecule has 0 fully saturated rings. The molecular weight excluding hydrogens is 299 g/mol. The van der Waals surface area contributed by atoms with Gasteiger partial charge in [-0.25, -0.2) is 4.39 Å². The zero-order valence-electron chi connectivity index (χ0n) is 12.0. The third kappa shape index (κ3) is 4.27. The van der Waals surface area contributed by atoms with E-state index in [1.54, 1.807) is 31.2 Å². The molecule has 0 aliphatic heterocycles. The summed E-state index contributed by atoms with van der Waals surface area (Å²) in [6, 6.07) is 12.3. The molecule has 1 heterocycles. The second-order valence-electron chi connectivity index (χ2n) is 4.79. The summed E-state index contributed by atoms with van der Waals surface area (Å²) in [6.45, 7) is 2.06. The van der Waals surface area contributed by atoms with E-state index >= 15 is 0 Å². The second-order valence-corrected chi connectivity index (χ2v) is 5.91. The number of halogens is 1. The Morgan fingerprint density at radius 3 is 2.91 bits per heavy atom. The van der Waals surface area contributed by atoms with Crippen molar-refractivity contribution < 1.29 is 9.18 Å². The molecule has 3 nitrogen and oxygen atoms in total. The van der Waals surface area contributed by atoms with Crippen LogP contribution in [0.1, 0.15) is 11.8 Å². The monoisotopic (exact) mass is 314 g/mol. The maximum absolute atomic E-state index is 13.7. The van der Waals surface area contributed by atoms with Crippen molar-refractivity contribution in [3.8, 4) is 16.5 Å². The van der Waals surface area contributed by atoms with Crippen LogP contribution in [0.2, 0.25) is 0 Å². The molecule has 0 aliphatic rings. The molecule has 1 aromatic carbocycles. The first kappa shape index (κ1) is 15.9. The van der Waals surface area contributed by atoms with E-state index in [0.29, 0.717) is 12.1 Å². The molecule has 22 heavy (non-hydrogen) atoms. The third-order valence-corrected chi connectivity index (χ3v) is 4.05. The summed E-state index contributed by atoms with van der Waals surface area (Å²) in [5.41, 5.74) is 0.555. The molecular formula is C17H15FN2OS. The van der Waals surface area contributed by atoms with Crippen molar-refractivity contribution in [3.63, 3.8) is 0 Å². The van der Waals surface area contributed by atoms with Gasteiger partial charge in [0.15, 0.2) is 0 Å². The Kier molecular flexibility index (Phi) is 5.45. The predicted molar refractivity (Wildman–Crippen MR) is 86.5 cm³/mol. The summed E-state index contributed by atoms with van der Waals surface area (Å²) in [4.78, 5) is 13.3. The second kappa shape index (κ2) is 7.53. The first-order chi connectivity index (χ1) is 10.6. The van der Waals surface area contributed by atoms with Crippen LogP contribution < -0.4 is 5.32 Å². The SMILES string of the molecule is CC(C#N)CNC(=O)/C=C/c1ccc(-c2ccccc2F)s1. The Morgan fingerprint density at radius 1 is 1.41 bits per heavy atom. The summed E-state index contributed by atoms with van der Waals surface area (Å²) in [6.07, 6.45) is 3.10. The van der Waals surface area contributed by atoms with E-state index < -0.39 is 0 Å². The van der Waals surface area contributed by atoms with Crippen molar-refractivity contribution in [3.05, 3.63) is 53.2 Å². The van der Waals surface area contributed by atoms with E-state index in [0.717, 1.165) is 9.75 Å². The molecule has 0 bridgehead atoms. The molecule has 0 saturated carbocycles. The van der Waals surface area contributed by atoms with E-state index in [4.69, 9.17) is 5.26 Å². The molecule has 1 aromatic heterocycles. The van der Waals surface area contributed by atoms with Gasteiger partial charge < -0.3 is 5.32 Å². The van der Waals surface area contributed by atoms with Crippen LogP contribution in [-0.4, -0.2) is 12.5 Å². The van der Waals surface area contributed by atoms with Crippen LogP contribution in [0.15, 0.2) is 42.5 Å². The van der Waals surface area contributed by atoms with Crippen LogP contribution in [0.5, 0.6) is 0 Å². The molecule has 5 heteroatoms. The number of hydrogen-bond donors (Lipinski definition) is 1. The summed E-state index contributed by atoms with van der Waals surface area (Å²) in [5, 5.41) is 11.3. The van der Waals surface area contributed by atoms with Gasteiger partial charge in [0.1, 0.15) is 5.82 Å². The van der Waals surface area contributed by atoms with Crippen LogP contribution in [0.3, 0.4) is 0 Å². The highest BCUT2D eigenvalue weighted by Crippen LogP contribution is 2.30. The summed E-state index contributed by atoms with van der Waals surface area (Å²) >= 11 is 1.41. The minimum Gasteiger partial charge on any atom is -0.351 e. The molecule has 2 aromatic rings. The van der Waals surface area contributed by atoms with Crippen molar-refractivity contribution in [1.82, 2.24) is 5.32 Å². The van der Waals surface area contributed by atoms with Crippen LogP contribution in [0.25, 0.3) is 16.5 Å². The quantitative estimate of drug-likeness (QED) is 0.852. The van der Waals surface area contributed by atoms with Gasteiger partial charge in [-0.05, 0) is 31.2 Å². The average molecular weight is 314 g/mol. The van der Waals surface area contributed by atoms with Gasteiger partial charge in [-0.15, -0.1) is 11.3 Å². The highest BCUT2D eigenvalue weighted by Gasteiger charge is 2.06. The van der Waals surface area contributed by atoms with Crippen molar-refractivity contribution in [2.24, 2.45) is 5.92 Å². The lowest BCUT2D eigenvalue weighted by molar-refractivity contribution is -0.116. The molecule has 2 rings (SSSR count). The third-order valence-electron chi connectivity index (χ3n) is 2.97. The van der Waals surface area contributed by atoms with Gasteiger partial charge in [-0.1, -0.05) is 18.2 Å². The Bertz CT molecular complexity index is 730. The fourth-order valence-corrected chi connectivity index (χ4v) is 2.70. The average Bonchev–Trinajstić information content (AvgIpc) is 2.99. The first-order valence-corrected chi connectivity index (χ1v) is 7.62. The minimum absolute atomic E-state index is 0.216. The summed E-state index contributed by atoms with van der Waals surface area (Å²) < 4.78 is 13.7. The zero-order valence-corrected chi connectivity index (χ0v) is 12.9. The zero-order chi connectivity index (χ0) is 15.9. The van der Waals surface area contributed by atoms with Gasteiger partial charge in [0.25, 0.3) is 0 Å². The smallest absolute Gasteiger partial charge is 0.244 e. The normalized spacial score (nSPS) is 12.0. The van der Waals surface area contributed by atoms with Crippen molar-refractivity contribution in [2.75, 3.05) is 6.54 Å². The summed E-state index contributed by atoms with van der Waals surface area (Å²) in [7, 11) is 0. The predicted octanol–water partition coefficient (Wildman–Crippen LogP) is 3.84. The van der Waals surface area contributed by atoms with E-state index in [1.807, 2.05) is 18.2 Å². The molecule has 1 atom stereocenters. The molecule has 112 valence electrons. The minimum atomic E-state index is -0.261. The molecule has 0 aliphatic carbocycles. The number of carbonyl (C=O) groups is 1. The Hall–Kier alpha value is -2.45. The van der Waals surface area contributed by atoms with Crippen molar-refractivity contribution >= 4 is 23.3 Å². The van der Waals surface area contributed by atoms with Gasteiger partial charge in [0.05, 0.1) is 12.0 Å². The topological polar surface area (TPSA) is 52.9 Å². The molecule has 1 unspecified atom stereocenters. The number of nitriles is 1. The number of rotatable bonds is 5. The molecule has 1 N–H and O–H groups in total. The van der Waals surface area contributed by atoms with Crippen LogP contribution >= 0.6 is 11.3 Å². The lowest BCUT2D eigenvalue weighted by Gasteiger charge is -2.02. The van der Waals surface area contributed by atoms with Gasteiger partial charge in [0, 0.05) is 27.9 Å². The number of amides is 1. The first-order valence-electron chi connectivity index (χ1n) is 6.80. The Morgan fingerprint density at radius 2 is 2.18 bits per heavy atom. The van der Waals surface area contributed by atoms with E-state index in [1.165, 1.54) is 23.5 Å². The van der Waals surface area contributed by atoms with Gasteiger partial charge in [0.2, 0.25) is 5.91 Å². The van der Waals surface area contributed by atoms with Gasteiger partial charge in [-0.2, -0.15) is 5.26 Å². The van der Waals surface area contributed by atoms with Crippen LogP contribution in [0.4, 0.5) is 4.39 Å². The molecule has 0 spiro atoms. The number of thiophene rings is 1. The Balaban J connectivity index is 2.01. The molecule has 0 saturated heterocycles. The largest absolute Gasteiger partial charge is 0.351 e. The number of carbonyl (C=O) groups excluding carboxylic acids is 1. The number of benzene rings is 1. The lowest BCUT2D eigenvalue weighted by Crippen LogP contribution is -2.25. The maximum atomic E-state index is 13.7. The van der Waals surface area contributed by atoms with E-state index in [9.17, 15) is 9.18 Å². The lowest BCUT2D eigenvalue weighted by atomic mass is 10.2. The molecule has 1 amide bonds. The fraction of sp³-hybridized carbons (Fsp3) is 0.176. The number of hydrogen-bond acceptors (Lipinski definition) is 3. The van der Waals surface area contributed by atoms with Gasteiger partial charge >= 0.3 is 0 Å². The number of nitrogens with zero attached hydrogens (tertiary/aromatic N) is 1. The summed E-state index contributed by atoms with van der Waals surface area (Å²) in [5.74, 6) is -0.724.